The molecule has 9 N–H and O–H groups in total. The summed E-state index contributed by atoms with van der Waals surface area (Å²) in [6.45, 7) is 2.60. The van der Waals surface area contributed by atoms with Crippen molar-refractivity contribution in [3.63, 3.8) is 0 Å². The molecule has 0 aliphatic carbocycles. The molecule has 0 aromatic rings. The first-order chi connectivity index (χ1) is 34.1. The van der Waals surface area contributed by atoms with Crippen molar-refractivity contribution in [1.82, 2.24) is 5.32 Å². The van der Waals surface area contributed by atoms with Gasteiger partial charge in [-0.3, -0.25) is 4.79 Å². The summed E-state index contributed by atoms with van der Waals surface area (Å²) in [6, 6.07) is -0.966. The molecule has 14 nitrogen and oxygen atoms in total. The van der Waals surface area contributed by atoms with E-state index in [2.05, 4.69) is 86.0 Å². The minimum absolute atomic E-state index is 0.191. The fourth-order valence-electron chi connectivity index (χ4n) is 8.22. The van der Waals surface area contributed by atoms with E-state index in [1.807, 2.05) is 12.2 Å². The molecule has 70 heavy (non-hydrogen) atoms. The van der Waals surface area contributed by atoms with E-state index in [0.29, 0.717) is 19.3 Å². The Morgan fingerprint density at radius 2 is 1.00 bits per heavy atom. The van der Waals surface area contributed by atoms with Crippen LogP contribution in [0.5, 0.6) is 0 Å². The van der Waals surface area contributed by atoms with Crippen LogP contribution in [0.3, 0.4) is 0 Å². The average Bonchev–Trinajstić information content (AvgIpc) is 3.36. The van der Waals surface area contributed by atoms with Crippen LogP contribution in [-0.2, 0) is 23.7 Å². The van der Waals surface area contributed by atoms with E-state index in [0.717, 1.165) is 44.9 Å². The lowest BCUT2D eigenvalue weighted by atomic mass is 9.97. The molecule has 0 saturated carbocycles. The predicted molar refractivity (Wildman–Crippen MR) is 276 cm³/mol. The normalized spacial score (nSPS) is 26.7. The molecular weight excluding hydrogens is 895 g/mol. The molecule has 1 amide bonds. The number of unbranched alkanes of at least 4 members (excludes halogenated alkanes) is 15. The van der Waals surface area contributed by atoms with Gasteiger partial charge in [0.15, 0.2) is 12.6 Å². The molecule has 0 aromatic carbocycles. The number of allylic oxidation sites excluding steroid dienone is 13. The molecule has 2 fully saturated rings. The van der Waals surface area contributed by atoms with Crippen molar-refractivity contribution in [3.05, 3.63) is 85.1 Å². The van der Waals surface area contributed by atoms with Crippen LogP contribution in [0, 0.1) is 0 Å². The number of carbonyl (C=O) groups excluding carboxylic acids is 1. The Morgan fingerprint density at radius 1 is 0.529 bits per heavy atom. The van der Waals surface area contributed by atoms with Crippen LogP contribution in [0.2, 0.25) is 0 Å². The lowest BCUT2D eigenvalue weighted by molar-refractivity contribution is -0.359. The maximum Gasteiger partial charge on any atom is 0.220 e. The Bertz CT molecular complexity index is 1500. The Morgan fingerprint density at radius 3 is 1.57 bits per heavy atom. The molecule has 2 heterocycles. The van der Waals surface area contributed by atoms with Crippen molar-refractivity contribution in [3.8, 4) is 0 Å². The van der Waals surface area contributed by atoms with Crippen LogP contribution in [0.25, 0.3) is 0 Å². The minimum atomic E-state index is -1.80. The van der Waals surface area contributed by atoms with Crippen molar-refractivity contribution >= 4 is 5.91 Å². The van der Waals surface area contributed by atoms with Crippen LogP contribution in [0.4, 0.5) is 0 Å². The molecule has 12 unspecified atom stereocenters. The molecule has 0 radical (unpaired) electrons. The first kappa shape index (κ1) is 63.3. The Labute approximate surface area is 420 Å². The zero-order valence-corrected chi connectivity index (χ0v) is 42.7. The Hall–Kier alpha value is -2.83. The number of hydrogen-bond acceptors (Lipinski definition) is 13. The summed E-state index contributed by atoms with van der Waals surface area (Å²) in [4.78, 5) is 13.2. The van der Waals surface area contributed by atoms with E-state index in [4.69, 9.17) is 18.9 Å². The van der Waals surface area contributed by atoms with Gasteiger partial charge in [0.05, 0.1) is 32.0 Å². The highest BCUT2D eigenvalue weighted by Crippen LogP contribution is 2.30. The molecule has 2 saturated heterocycles. The lowest BCUT2D eigenvalue weighted by Gasteiger charge is -2.46. The van der Waals surface area contributed by atoms with Gasteiger partial charge in [0.25, 0.3) is 0 Å². The van der Waals surface area contributed by atoms with Gasteiger partial charge in [-0.15, -0.1) is 0 Å². The molecule has 14 heteroatoms. The smallest absolute Gasteiger partial charge is 0.220 e. The minimum Gasteiger partial charge on any atom is -0.394 e. The van der Waals surface area contributed by atoms with Gasteiger partial charge in [0.2, 0.25) is 5.91 Å². The SMILES string of the molecule is CC/C=C\C/C=C\C/C=C\C/C=C\C/C=C\CCCC(=O)NC(COC1OC(CO)C(OC2OC(CO)C(O)C(O)C2O)C(O)C1O)C(O)/C=C/CC/C=C/CCCCCCCCCCCCCCC. The van der Waals surface area contributed by atoms with Crippen LogP contribution in [-0.4, -0.2) is 140 Å². The summed E-state index contributed by atoms with van der Waals surface area (Å²) < 4.78 is 22.7. The molecule has 2 aliphatic heterocycles. The van der Waals surface area contributed by atoms with Gasteiger partial charge >= 0.3 is 0 Å². The number of rotatable bonds is 40. The van der Waals surface area contributed by atoms with Gasteiger partial charge in [-0.05, 0) is 70.6 Å². The van der Waals surface area contributed by atoms with E-state index in [9.17, 15) is 45.6 Å². The fraction of sp³-hybridized carbons (Fsp3) is 0.732. The van der Waals surface area contributed by atoms with Gasteiger partial charge in [-0.1, -0.05) is 176 Å². The maximum atomic E-state index is 13.2. The van der Waals surface area contributed by atoms with Crippen LogP contribution >= 0.6 is 0 Å². The van der Waals surface area contributed by atoms with Gasteiger partial charge in [0.1, 0.15) is 48.8 Å². The molecule has 0 spiro atoms. The standard InChI is InChI=1S/C56H95NO13/c1-3-5-7-9-11-13-15-17-19-21-22-24-25-27-29-31-33-35-37-39-45(60)44(57-48(61)40-38-36-34-32-30-28-26-23-20-18-16-14-12-10-8-6-4-2)43-67-55-53(66)51(64)54(47(42-59)69-55)70-56-52(65)50(63)49(62)46(41-58)68-56/h6,8,12,14,18,20,26,28-29,31-32,34,37,39,44-47,49-56,58-60,62-66H,3-5,7,9-11,13,15-17,19,21-25,27,30,33,35-36,38,40-43H2,1-2H3,(H,57,61)/b8-6-,14-12-,20-18-,28-26-,31-29+,34-32-,39-37+. The molecule has 402 valence electrons. The number of carbonyl (C=O) groups is 1. The quantitative estimate of drug-likeness (QED) is 0.0212. The number of aliphatic hydroxyl groups excluding tert-OH is 8. The van der Waals surface area contributed by atoms with Crippen molar-refractivity contribution in [1.29, 1.82) is 0 Å². The summed E-state index contributed by atoms with van der Waals surface area (Å²) in [7, 11) is 0. The zero-order chi connectivity index (χ0) is 51.0. The van der Waals surface area contributed by atoms with Crippen LogP contribution in [0.1, 0.15) is 168 Å². The largest absolute Gasteiger partial charge is 0.394 e. The van der Waals surface area contributed by atoms with E-state index in [-0.39, 0.29) is 18.9 Å². The van der Waals surface area contributed by atoms with Gasteiger partial charge < -0.3 is 65.1 Å². The molecule has 2 rings (SSSR count). The second kappa shape index (κ2) is 41.6. The van der Waals surface area contributed by atoms with Crippen LogP contribution < -0.4 is 5.32 Å². The molecule has 0 bridgehead atoms. The number of ether oxygens (including phenoxy) is 4. The zero-order valence-electron chi connectivity index (χ0n) is 42.7. The van der Waals surface area contributed by atoms with E-state index < -0.39 is 86.8 Å². The highest BCUT2D eigenvalue weighted by atomic mass is 16.7. The fourth-order valence-corrected chi connectivity index (χ4v) is 8.22. The summed E-state index contributed by atoms with van der Waals surface area (Å²) in [6.07, 6.45) is 37.7. The summed E-state index contributed by atoms with van der Waals surface area (Å²) >= 11 is 0. The average molecular weight is 990 g/mol. The third-order valence-electron chi connectivity index (χ3n) is 12.6. The second-order valence-corrected chi connectivity index (χ2v) is 18.6. The first-order valence-electron chi connectivity index (χ1n) is 26.8. The molecule has 12 atom stereocenters. The molecule has 2 aliphatic rings. The van der Waals surface area contributed by atoms with Crippen molar-refractivity contribution < 1.29 is 64.6 Å². The molecular formula is C56H95NO13. The van der Waals surface area contributed by atoms with E-state index in [1.54, 1.807) is 6.08 Å². The first-order valence-corrected chi connectivity index (χ1v) is 26.8. The topological polar surface area (TPSA) is 228 Å². The summed E-state index contributed by atoms with van der Waals surface area (Å²) in [5.41, 5.74) is 0. The summed E-state index contributed by atoms with van der Waals surface area (Å²) in [5, 5.41) is 86.8. The van der Waals surface area contributed by atoms with Crippen LogP contribution in [0.15, 0.2) is 85.1 Å². The van der Waals surface area contributed by atoms with Gasteiger partial charge in [-0.25, -0.2) is 0 Å². The predicted octanol–water partition coefficient (Wildman–Crippen LogP) is 7.77. The van der Waals surface area contributed by atoms with Crippen molar-refractivity contribution in [2.24, 2.45) is 0 Å². The third kappa shape index (κ3) is 27.8. The van der Waals surface area contributed by atoms with Crippen molar-refractivity contribution in [2.75, 3.05) is 19.8 Å². The summed E-state index contributed by atoms with van der Waals surface area (Å²) in [5.74, 6) is -0.309. The lowest BCUT2D eigenvalue weighted by Crippen LogP contribution is -2.65. The Kier molecular flexibility index (Phi) is 37.6. The van der Waals surface area contributed by atoms with Crippen molar-refractivity contribution in [2.45, 2.75) is 242 Å². The number of nitrogens with one attached hydrogen (secondary N) is 1. The van der Waals surface area contributed by atoms with Gasteiger partial charge in [-0.2, -0.15) is 0 Å². The van der Waals surface area contributed by atoms with Gasteiger partial charge in [0, 0.05) is 6.42 Å². The maximum absolute atomic E-state index is 13.2. The number of aliphatic hydroxyl groups is 8. The molecule has 0 aromatic heterocycles. The highest BCUT2D eigenvalue weighted by molar-refractivity contribution is 5.76. The second-order valence-electron chi connectivity index (χ2n) is 18.6. The number of amides is 1. The Balaban J connectivity index is 1.88. The number of hydrogen-bond donors (Lipinski definition) is 9. The highest BCUT2D eigenvalue weighted by Gasteiger charge is 2.51. The monoisotopic (exact) mass is 990 g/mol. The van der Waals surface area contributed by atoms with E-state index >= 15 is 0 Å². The third-order valence-corrected chi connectivity index (χ3v) is 12.6. The van der Waals surface area contributed by atoms with E-state index in [1.165, 1.54) is 83.5 Å².